The molecular weight excluding hydrogens is 268 g/mol. The van der Waals surface area contributed by atoms with Gasteiger partial charge in [-0.15, -0.1) is 0 Å². The highest BCUT2D eigenvalue weighted by molar-refractivity contribution is 5.74. The van der Waals surface area contributed by atoms with Crippen LogP contribution < -0.4 is 5.32 Å². The van der Waals surface area contributed by atoms with E-state index in [1.54, 1.807) is 0 Å². The molecule has 1 heterocycles. The molecule has 5 nitrogen and oxygen atoms in total. The summed E-state index contributed by atoms with van der Waals surface area (Å²) in [6, 6.07) is 0.404. The van der Waals surface area contributed by atoms with E-state index in [0.717, 1.165) is 38.8 Å². The number of carboxylic acids is 1. The first-order valence-electron chi connectivity index (χ1n) is 8.33. The monoisotopic (exact) mass is 296 g/mol. The molecule has 2 atom stereocenters. The Bertz CT molecular complexity index is 365. The minimum atomic E-state index is -0.721. The third kappa shape index (κ3) is 4.90. The molecule has 5 heteroatoms. The Morgan fingerprint density at radius 2 is 1.81 bits per heavy atom. The quantitative estimate of drug-likeness (QED) is 0.838. The smallest absolute Gasteiger partial charge is 0.317 e. The van der Waals surface area contributed by atoms with E-state index in [1.807, 2.05) is 4.90 Å². The van der Waals surface area contributed by atoms with Gasteiger partial charge in [-0.2, -0.15) is 0 Å². The number of nitrogens with zero attached hydrogens (tertiary/aromatic N) is 1. The van der Waals surface area contributed by atoms with Gasteiger partial charge < -0.3 is 15.3 Å². The molecule has 21 heavy (non-hydrogen) atoms. The molecule has 0 aromatic rings. The van der Waals surface area contributed by atoms with Crippen molar-refractivity contribution in [1.29, 1.82) is 0 Å². The summed E-state index contributed by atoms with van der Waals surface area (Å²) in [6.45, 7) is 3.75. The predicted octanol–water partition coefficient (Wildman–Crippen LogP) is 2.85. The van der Waals surface area contributed by atoms with Crippen molar-refractivity contribution < 1.29 is 14.7 Å². The highest BCUT2D eigenvalue weighted by atomic mass is 16.4. The van der Waals surface area contributed by atoms with Crippen molar-refractivity contribution in [2.45, 2.75) is 64.3 Å². The van der Waals surface area contributed by atoms with Crippen molar-refractivity contribution in [1.82, 2.24) is 10.2 Å². The molecule has 2 rings (SSSR count). The van der Waals surface area contributed by atoms with Gasteiger partial charge in [-0.3, -0.25) is 4.79 Å². The summed E-state index contributed by atoms with van der Waals surface area (Å²) in [7, 11) is 0. The molecule has 1 aliphatic carbocycles. The van der Waals surface area contributed by atoms with Crippen LogP contribution in [-0.4, -0.2) is 41.1 Å². The molecule has 2 aliphatic rings. The van der Waals surface area contributed by atoms with Gasteiger partial charge in [-0.25, -0.2) is 4.79 Å². The Labute approximate surface area is 127 Å². The number of hydrogen-bond donors (Lipinski definition) is 2. The highest BCUT2D eigenvalue weighted by Crippen LogP contribution is 2.25. The lowest BCUT2D eigenvalue weighted by Crippen LogP contribution is -2.50. The number of carbonyl (C=O) groups is 2. The number of rotatable bonds is 4. The van der Waals surface area contributed by atoms with Gasteiger partial charge in [-0.05, 0) is 43.9 Å². The van der Waals surface area contributed by atoms with Crippen molar-refractivity contribution >= 4 is 12.0 Å². The van der Waals surface area contributed by atoms with Crippen LogP contribution >= 0.6 is 0 Å². The Kier molecular flexibility index (Phi) is 5.88. The van der Waals surface area contributed by atoms with Crippen molar-refractivity contribution in [2.75, 3.05) is 13.1 Å². The van der Waals surface area contributed by atoms with Crippen LogP contribution in [0.1, 0.15) is 58.3 Å². The Hall–Kier alpha value is -1.26. The number of nitrogens with one attached hydrogen (secondary N) is 1. The zero-order valence-corrected chi connectivity index (χ0v) is 13.0. The van der Waals surface area contributed by atoms with E-state index in [0.29, 0.717) is 17.9 Å². The van der Waals surface area contributed by atoms with E-state index in [1.165, 1.54) is 19.3 Å². The van der Waals surface area contributed by atoms with Gasteiger partial charge in [0.2, 0.25) is 0 Å². The number of amides is 2. The van der Waals surface area contributed by atoms with Crippen LogP contribution in [0.4, 0.5) is 4.79 Å². The summed E-state index contributed by atoms with van der Waals surface area (Å²) in [6.07, 6.45) is 7.65. The maximum absolute atomic E-state index is 12.3. The van der Waals surface area contributed by atoms with Crippen molar-refractivity contribution in [3.8, 4) is 0 Å². The third-order valence-corrected chi connectivity index (χ3v) is 5.09. The lowest BCUT2D eigenvalue weighted by atomic mass is 9.86. The summed E-state index contributed by atoms with van der Waals surface area (Å²) in [5.41, 5.74) is 0. The number of likely N-dealkylation sites (tertiary alicyclic amines) is 1. The fourth-order valence-electron chi connectivity index (χ4n) is 3.53. The van der Waals surface area contributed by atoms with E-state index < -0.39 is 5.97 Å². The number of carboxylic acid groups (broad SMARTS) is 1. The summed E-state index contributed by atoms with van der Waals surface area (Å²) in [4.78, 5) is 24.8. The molecule has 1 saturated carbocycles. The van der Waals surface area contributed by atoms with Crippen molar-refractivity contribution in [2.24, 2.45) is 11.8 Å². The molecule has 1 saturated heterocycles. The molecule has 2 unspecified atom stereocenters. The standard InChI is InChI=1S/C16H28N2O3/c1-12-4-2-3-5-14(12)17-16(21)18-10-8-13(9-11-18)6-7-15(19)20/h12-14H,2-11H2,1H3,(H,17,21)(H,19,20). The predicted molar refractivity (Wildman–Crippen MR) is 81.1 cm³/mol. The number of piperidine rings is 1. The van der Waals surface area contributed by atoms with Gasteiger partial charge in [0.05, 0.1) is 0 Å². The van der Waals surface area contributed by atoms with Crippen LogP contribution in [0.2, 0.25) is 0 Å². The fourth-order valence-corrected chi connectivity index (χ4v) is 3.53. The largest absolute Gasteiger partial charge is 0.481 e. The lowest BCUT2D eigenvalue weighted by molar-refractivity contribution is -0.137. The zero-order valence-electron chi connectivity index (χ0n) is 13.0. The lowest BCUT2D eigenvalue weighted by Gasteiger charge is -2.35. The summed E-state index contributed by atoms with van der Waals surface area (Å²) in [5.74, 6) is 0.316. The first-order chi connectivity index (χ1) is 10.1. The number of hydrogen-bond acceptors (Lipinski definition) is 2. The minimum absolute atomic E-state index is 0.0745. The van der Waals surface area contributed by atoms with Gasteiger partial charge in [0.25, 0.3) is 0 Å². The first kappa shape index (κ1) is 16.1. The molecule has 0 aromatic heterocycles. The van der Waals surface area contributed by atoms with Crippen LogP contribution in [0.25, 0.3) is 0 Å². The Morgan fingerprint density at radius 1 is 1.14 bits per heavy atom. The van der Waals surface area contributed by atoms with Gasteiger partial charge >= 0.3 is 12.0 Å². The van der Waals surface area contributed by atoms with Crippen LogP contribution in [-0.2, 0) is 4.79 Å². The summed E-state index contributed by atoms with van der Waals surface area (Å²) < 4.78 is 0. The fraction of sp³-hybridized carbons (Fsp3) is 0.875. The first-order valence-corrected chi connectivity index (χ1v) is 8.33. The van der Waals surface area contributed by atoms with Crippen LogP contribution in [0.5, 0.6) is 0 Å². The molecule has 2 amide bonds. The second kappa shape index (κ2) is 7.66. The Morgan fingerprint density at radius 3 is 2.43 bits per heavy atom. The molecule has 0 bridgehead atoms. The molecular formula is C16H28N2O3. The number of aliphatic carboxylic acids is 1. The molecule has 2 fully saturated rings. The van der Waals surface area contributed by atoms with E-state index in [4.69, 9.17) is 5.11 Å². The molecule has 1 aliphatic heterocycles. The van der Waals surface area contributed by atoms with Gasteiger partial charge in [0.15, 0.2) is 0 Å². The van der Waals surface area contributed by atoms with E-state index in [9.17, 15) is 9.59 Å². The van der Waals surface area contributed by atoms with Gasteiger partial charge in [-0.1, -0.05) is 19.8 Å². The zero-order chi connectivity index (χ0) is 15.2. The van der Waals surface area contributed by atoms with Crippen molar-refractivity contribution in [3.63, 3.8) is 0 Å². The molecule has 2 N–H and O–H groups in total. The topological polar surface area (TPSA) is 69.6 Å². The normalized spacial score (nSPS) is 27.4. The average molecular weight is 296 g/mol. The van der Waals surface area contributed by atoms with Gasteiger partial charge in [0, 0.05) is 25.6 Å². The van der Waals surface area contributed by atoms with E-state index >= 15 is 0 Å². The minimum Gasteiger partial charge on any atom is -0.481 e. The third-order valence-electron chi connectivity index (χ3n) is 5.09. The average Bonchev–Trinajstić information content (AvgIpc) is 2.48. The highest BCUT2D eigenvalue weighted by Gasteiger charge is 2.27. The maximum atomic E-state index is 12.3. The van der Waals surface area contributed by atoms with Crippen LogP contribution in [0.3, 0.4) is 0 Å². The molecule has 0 spiro atoms. The Balaban J connectivity index is 1.71. The number of carbonyl (C=O) groups excluding carboxylic acids is 1. The van der Waals surface area contributed by atoms with Crippen molar-refractivity contribution in [3.05, 3.63) is 0 Å². The molecule has 0 aromatic carbocycles. The van der Waals surface area contributed by atoms with Crippen LogP contribution in [0, 0.1) is 11.8 Å². The molecule has 0 radical (unpaired) electrons. The molecule has 120 valence electrons. The summed E-state index contributed by atoms with van der Waals surface area (Å²) >= 11 is 0. The van der Waals surface area contributed by atoms with E-state index in [-0.39, 0.29) is 12.5 Å². The second-order valence-corrected chi connectivity index (χ2v) is 6.68. The van der Waals surface area contributed by atoms with E-state index in [2.05, 4.69) is 12.2 Å². The number of urea groups is 1. The van der Waals surface area contributed by atoms with Crippen LogP contribution in [0.15, 0.2) is 0 Å². The SMILES string of the molecule is CC1CCCCC1NC(=O)N1CCC(CCC(=O)O)CC1. The summed E-state index contributed by atoms with van der Waals surface area (Å²) in [5, 5.41) is 11.9. The maximum Gasteiger partial charge on any atom is 0.317 e. The second-order valence-electron chi connectivity index (χ2n) is 6.68. The van der Waals surface area contributed by atoms with Gasteiger partial charge in [0.1, 0.15) is 0 Å².